The van der Waals surface area contributed by atoms with Crippen LogP contribution in [0.2, 0.25) is 5.02 Å². The van der Waals surface area contributed by atoms with E-state index in [0.29, 0.717) is 5.56 Å². The summed E-state index contributed by atoms with van der Waals surface area (Å²) in [5.74, 6) is -0.484. The summed E-state index contributed by atoms with van der Waals surface area (Å²) in [6, 6.07) is 4.74. The third-order valence-electron chi connectivity index (χ3n) is 3.56. The molecule has 2 rings (SSSR count). The van der Waals surface area contributed by atoms with E-state index in [1.807, 2.05) is 6.92 Å². The zero-order valence-electron chi connectivity index (χ0n) is 11.0. The molecule has 0 saturated carbocycles. The van der Waals surface area contributed by atoms with E-state index in [2.05, 4.69) is 10.2 Å². The van der Waals surface area contributed by atoms with Crippen molar-refractivity contribution in [3.63, 3.8) is 0 Å². The lowest BCUT2D eigenvalue weighted by Crippen LogP contribution is -2.42. The van der Waals surface area contributed by atoms with Crippen molar-refractivity contribution in [2.24, 2.45) is 0 Å². The van der Waals surface area contributed by atoms with Crippen molar-refractivity contribution in [3.8, 4) is 0 Å². The van der Waals surface area contributed by atoms with E-state index >= 15 is 0 Å². The Morgan fingerprint density at radius 3 is 3.11 bits per heavy atom. The van der Waals surface area contributed by atoms with Gasteiger partial charge in [-0.2, -0.15) is 0 Å². The maximum absolute atomic E-state index is 13.7. The van der Waals surface area contributed by atoms with Crippen molar-refractivity contribution < 1.29 is 9.18 Å². The number of hydrogen-bond donors (Lipinski definition) is 1. The molecule has 0 unspecified atom stereocenters. The van der Waals surface area contributed by atoms with Gasteiger partial charge in [-0.05, 0) is 32.0 Å². The van der Waals surface area contributed by atoms with Gasteiger partial charge in [0.05, 0.1) is 11.1 Å². The Hall–Kier alpha value is -1.13. The zero-order chi connectivity index (χ0) is 13.8. The average molecular weight is 285 g/mol. The maximum atomic E-state index is 13.7. The van der Waals surface area contributed by atoms with E-state index in [4.69, 9.17) is 11.6 Å². The number of carbonyl (C=O) groups is 1. The topological polar surface area (TPSA) is 32.3 Å². The number of likely N-dealkylation sites (tertiary alicyclic amines) is 1. The SMILES string of the molecule is CCN1CCC[C@H]1C(=O)NCc1cccc(Cl)c1F. The monoisotopic (exact) mass is 284 g/mol. The number of nitrogens with one attached hydrogen (secondary N) is 1. The van der Waals surface area contributed by atoms with Crippen LogP contribution in [0.1, 0.15) is 25.3 Å². The molecule has 1 heterocycles. The van der Waals surface area contributed by atoms with E-state index in [1.165, 1.54) is 6.07 Å². The fourth-order valence-electron chi connectivity index (χ4n) is 2.49. The van der Waals surface area contributed by atoms with Crippen molar-refractivity contribution in [1.82, 2.24) is 10.2 Å². The Labute approximate surface area is 117 Å². The first-order chi connectivity index (χ1) is 9.13. The number of rotatable bonds is 4. The molecule has 19 heavy (non-hydrogen) atoms. The van der Waals surface area contributed by atoms with Gasteiger partial charge in [0.2, 0.25) is 5.91 Å². The lowest BCUT2D eigenvalue weighted by Gasteiger charge is -2.21. The van der Waals surface area contributed by atoms with Crippen LogP contribution >= 0.6 is 11.6 Å². The average Bonchev–Trinajstić information content (AvgIpc) is 2.88. The zero-order valence-corrected chi connectivity index (χ0v) is 11.7. The summed E-state index contributed by atoms with van der Waals surface area (Å²) < 4.78 is 13.7. The summed E-state index contributed by atoms with van der Waals surface area (Å²) in [6.45, 7) is 4.05. The molecular formula is C14H18ClFN2O. The molecule has 0 aliphatic carbocycles. The highest BCUT2D eigenvalue weighted by atomic mass is 35.5. The molecule has 0 aromatic heterocycles. The minimum Gasteiger partial charge on any atom is -0.351 e. The first-order valence-electron chi connectivity index (χ1n) is 6.58. The van der Waals surface area contributed by atoms with Gasteiger partial charge in [0.1, 0.15) is 5.82 Å². The molecule has 104 valence electrons. The first kappa shape index (κ1) is 14.3. The molecule has 5 heteroatoms. The summed E-state index contributed by atoms with van der Waals surface area (Å²) in [7, 11) is 0. The number of halogens is 2. The van der Waals surface area contributed by atoms with Gasteiger partial charge >= 0.3 is 0 Å². The standard InChI is InChI=1S/C14H18ClFN2O/c1-2-18-8-4-7-12(18)14(19)17-9-10-5-3-6-11(15)13(10)16/h3,5-6,12H,2,4,7-9H2,1H3,(H,17,19)/t12-/m0/s1. The molecule has 1 aliphatic rings. The van der Waals surface area contributed by atoms with Gasteiger partial charge in [-0.15, -0.1) is 0 Å². The molecule has 0 radical (unpaired) electrons. The van der Waals surface area contributed by atoms with E-state index < -0.39 is 5.82 Å². The van der Waals surface area contributed by atoms with Crippen molar-refractivity contribution >= 4 is 17.5 Å². The highest BCUT2D eigenvalue weighted by molar-refractivity contribution is 6.30. The highest BCUT2D eigenvalue weighted by Crippen LogP contribution is 2.19. The Morgan fingerprint density at radius 2 is 2.37 bits per heavy atom. The van der Waals surface area contributed by atoms with Crippen LogP contribution in [-0.4, -0.2) is 29.9 Å². The summed E-state index contributed by atoms with van der Waals surface area (Å²) in [5.41, 5.74) is 0.418. The van der Waals surface area contributed by atoms with Gasteiger partial charge in [-0.1, -0.05) is 30.7 Å². The number of likely N-dealkylation sites (N-methyl/N-ethyl adjacent to an activating group) is 1. The van der Waals surface area contributed by atoms with Crippen LogP contribution in [0.3, 0.4) is 0 Å². The number of amides is 1. The van der Waals surface area contributed by atoms with Crippen LogP contribution in [0, 0.1) is 5.82 Å². The fraction of sp³-hybridized carbons (Fsp3) is 0.500. The minimum absolute atomic E-state index is 0.0290. The van der Waals surface area contributed by atoms with E-state index in [9.17, 15) is 9.18 Å². The number of benzene rings is 1. The van der Waals surface area contributed by atoms with E-state index in [0.717, 1.165) is 25.9 Å². The largest absolute Gasteiger partial charge is 0.351 e. The van der Waals surface area contributed by atoms with Gasteiger partial charge in [-0.3, -0.25) is 9.69 Å². The maximum Gasteiger partial charge on any atom is 0.237 e. The Morgan fingerprint density at radius 1 is 1.58 bits per heavy atom. The third kappa shape index (κ3) is 3.25. The third-order valence-corrected chi connectivity index (χ3v) is 3.85. The van der Waals surface area contributed by atoms with Crippen LogP contribution in [0.25, 0.3) is 0 Å². The molecule has 3 nitrogen and oxygen atoms in total. The summed E-state index contributed by atoms with van der Waals surface area (Å²) in [4.78, 5) is 14.2. The highest BCUT2D eigenvalue weighted by Gasteiger charge is 2.29. The van der Waals surface area contributed by atoms with Crippen LogP contribution in [0.5, 0.6) is 0 Å². The molecule has 1 amide bonds. The van der Waals surface area contributed by atoms with Crippen molar-refractivity contribution in [2.75, 3.05) is 13.1 Å². The molecule has 1 saturated heterocycles. The van der Waals surface area contributed by atoms with Crippen molar-refractivity contribution in [3.05, 3.63) is 34.6 Å². The molecule has 1 aromatic carbocycles. The molecular weight excluding hydrogens is 267 g/mol. The van der Waals surface area contributed by atoms with Gasteiger partial charge in [-0.25, -0.2) is 4.39 Å². The van der Waals surface area contributed by atoms with Gasteiger partial charge in [0.15, 0.2) is 0 Å². The molecule has 1 fully saturated rings. The Kier molecular flexibility index (Phi) is 4.77. The molecule has 0 spiro atoms. The quantitative estimate of drug-likeness (QED) is 0.922. The molecule has 1 N–H and O–H groups in total. The lowest BCUT2D eigenvalue weighted by molar-refractivity contribution is -0.125. The van der Waals surface area contributed by atoms with E-state index in [1.54, 1.807) is 12.1 Å². The second-order valence-electron chi connectivity index (χ2n) is 4.72. The fourth-order valence-corrected chi connectivity index (χ4v) is 2.68. The minimum atomic E-state index is -0.455. The molecule has 0 bridgehead atoms. The van der Waals surface area contributed by atoms with Crippen LogP contribution < -0.4 is 5.32 Å². The second kappa shape index (κ2) is 6.35. The van der Waals surface area contributed by atoms with Gasteiger partial charge in [0.25, 0.3) is 0 Å². The molecule has 1 aromatic rings. The van der Waals surface area contributed by atoms with Crippen molar-refractivity contribution in [2.45, 2.75) is 32.4 Å². The Balaban J connectivity index is 1.95. The van der Waals surface area contributed by atoms with Crippen LogP contribution in [-0.2, 0) is 11.3 Å². The van der Waals surface area contributed by atoms with Gasteiger partial charge < -0.3 is 5.32 Å². The van der Waals surface area contributed by atoms with Gasteiger partial charge in [0, 0.05) is 12.1 Å². The van der Waals surface area contributed by atoms with Crippen molar-refractivity contribution in [1.29, 1.82) is 0 Å². The second-order valence-corrected chi connectivity index (χ2v) is 5.12. The lowest BCUT2D eigenvalue weighted by atomic mass is 10.1. The summed E-state index contributed by atoms with van der Waals surface area (Å²) in [6.07, 6.45) is 1.91. The number of carbonyl (C=O) groups excluding carboxylic acids is 1. The van der Waals surface area contributed by atoms with Crippen LogP contribution in [0.15, 0.2) is 18.2 Å². The summed E-state index contributed by atoms with van der Waals surface area (Å²) in [5, 5.41) is 2.88. The Bertz CT molecular complexity index is 467. The number of hydrogen-bond acceptors (Lipinski definition) is 2. The smallest absolute Gasteiger partial charge is 0.237 e. The predicted octanol–water partition coefficient (Wildman–Crippen LogP) is 2.58. The molecule has 1 aliphatic heterocycles. The summed E-state index contributed by atoms with van der Waals surface area (Å²) >= 11 is 5.71. The predicted molar refractivity (Wildman–Crippen MR) is 73.5 cm³/mol. The first-order valence-corrected chi connectivity index (χ1v) is 6.96. The number of nitrogens with zero attached hydrogens (tertiary/aromatic N) is 1. The normalized spacial score (nSPS) is 19.6. The van der Waals surface area contributed by atoms with E-state index in [-0.39, 0.29) is 23.5 Å². The van der Waals surface area contributed by atoms with Crippen LogP contribution in [0.4, 0.5) is 4.39 Å². The molecule has 1 atom stereocenters.